The minimum Gasteiger partial charge on any atom is -0.496 e. The Balaban J connectivity index is 1.95. The van der Waals surface area contributed by atoms with Gasteiger partial charge in [-0.25, -0.2) is 0 Å². The van der Waals surface area contributed by atoms with Gasteiger partial charge in [-0.3, -0.25) is 4.79 Å². The van der Waals surface area contributed by atoms with Gasteiger partial charge >= 0.3 is 0 Å². The van der Waals surface area contributed by atoms with Crippen LogP contribution in [0.4, 0.5) is 0 Å². The predicted octanol–water partition coefficient (Wildman–Crippen LogP) is 4.01. The summed E-state index contributed by atoms with van der Waals surface area (Å²) in [7, 11) is 7.84. The highest BCUT2D eigenvalue weighted by molar-refractivity contribution is 6.02. The fraction of sp³-hybridized carbons (Fsp3) is 0.348. The highest BCUT2D eigenvalue weighted by Gasteiger charge is 2.21. The van der Waals surface area contributed by atoms with Gasteiger partial charge in [0.05, 0.1) is 47.1 Å². The number of ether oxygens (including phenoxy) is 5. The van der Waals surface area contributed by atoms with Crippen molar-refractivity contribution in [3.05, 3.63) is 41.1 Å². The summed E-state index contributed by atoms with van der Waals surface area (Å²) in [6.45, 7) is 3.88. The van der Waals surface area contributed by atoms with Crippen molar-refractivity contribution < 1.29 is 28.5 Å². The summed E-state index contributed by atoms with van der Waals surface area (Å²) >= 11 is 0. The molecule has 2 aromatic carbocycles. The minimum atomic E-state index is -0.267. The first-order chi connectivity index (χ1) is 14.9. The molecule has 0 bridgehead atoms. The van der Waals surface area contributed by atoms with Crippen molar-refractivity contribution in [1.82, 2.24) is 10.3 Å². The highest BCUT2D eigenvalue weighted by Crippen LogP contribution is 2.41. The van der Waals surface area contributed by atoms with Gasteiger partial charge in [-0.15, -0.1) is 0 Å². The van der Waals surface area contributed by atoms with Crippen LogP contribution in [0, 0.1) is 6.92 Å². The molecule has 1 heterocycles. The topological polar surface area (TPSA) is 91.0 Å². The number of amides is 1. The summed E-state index contributed by atoms with van der Waals surface area (Å²) in [5.74, 6) is 2.58. The van der Waals surface area contributed by atoms with E-state index < -0.39 is 0 Å². The zero-order valence-electron chi connectivity index (χ0n) is 18.8. The average Bonchev–Trinajstić information content (AvgIpc) is 3.22. The molecule has 1 amide bonds. The lowest BCUT2D eigenvalue weighted by molar-refractivity contribution is 0.0935. The van der Waals surface area contributed by atoms with Gasteiger partial charge in [-0.2, -0.15) is 0 Å². The molecule has 0 aliphatic carbocycles. The zero-order valence-corrected chi connectivity index (χ0v) is 18.8. The molecule has 0 aliphatic heterocycles. The lowest BCUT2D eigenvalue weighted by Gasteiger charge is -2.19. The Hall–Kier alpha value is -3.55. The summed E-state index contributed by atoms with van der Waals surface area (Å²) in [5, 5.41) is 3.75. The van der Waals surface area contributed by atoms with Gasteiger partial charge in [-0.1, -0.05) is 0 Å². The van der Waals surface area contributed by atoms with Crippen molar-refractivity contribution in [2.24, 2.45) is 0 Å². The molecule has 3 aromatic rings. The summed E-state index contributed by atoms with van der Waals surface area (Å²) in [4.78, 5) is 16.2. The van der Waals surface area contributed by atoms with E-state index in [0.29, 0.717) is 40.0 Å². The van der Waals surface area contributed by atoms with Crippen LogP contribution in [0.1, 0.15) is 34.6 Å². The van der Waals surface area contributed by atoms with E-state index in [2.05, 4.69) is 10.3 Å². The van der Waals surface area contributed by atoms with Crippen LogP contribution in [0.2, 0.25) is 0 Å². The standard InChI is InChI=1S/C23H28N2O6/c1-12-8-18(28-4)19(29-5)10-14(12)13(2)24-23(26)16-9-15-17(27-3)11-20(30-6)22(31-7)21(15)25-16/h8-11,13,25H,1-7H3,(H,24,26). The Bertz CT molecular complexity index is 1110. The number of H-pyrrole nitrogens is 1. The molecule has 0 aliphatic rings. The lowest BCUT2D eigenvalue weighted by Crippen LogP contribution is -2.27. The highest BCUT2D eigenvalue weighted by atomic mass is 16.5. The first kappa shape index (κ1) is 22.1. The van der Waals surface area contributed by atoms with E-state index in [9.17, 15) is 4.79 Å². The fourth-order valence-corrected chi connectivity index (χ4v) is 3.67. The van der Waals surface area contributed by atoms with Gasteiger partial charge in [0.15, 0.2) is 23.0 Å². The molecular weight excluding hydrogens is 400 g/mol. The SMILES string of the molecule is COc1cc(C)c(C(C)NC(=O)c2cc3c(OC)cc(OC)c(OC)c3[nH]2)cc1OC. The van der Waals surface area contributed by atoms with E-state index in [1.165, 1.54) is 0 Å². The number of hydrogen-bond donors (Lipinski definition) is 2. The fourth-order valence-electron chi connectivity index (χ4n) is 3.67. The molecule has 3 rings (SSSR count). The maximum atomic E-state index is 13.0. The molecule has 1 aromatic heterocycles. The Morgan fingerprint density at radius 1 is 0.839 bits per heavy atom. The molecule has 0 radical (unpaired) electrons. The summed E-state index contributed by atoms with van der Waals surface area (Å²) in [6, 6.07) is 6.96. The molecule has 8 nitrogen and oxygen atoms in total. The van der Waals surface area contributed by atoms with Gasteiger partial charge in [0.25, 0.3) is 5.91 Å². The molecule has 0 fully saturated rings. The Labute approximate surface area is 181 Å². The molecule has 166 valence electrons. The number of benzene rings is 2. The van der Waals surface area contributed by atoms with E-state index in [-0.39, 0.29) is 11.9 Å². The number of nitrogens with one attached hydrogen (secondary N) is 2. The quantitative estimate of drug-likeness (QED) is 0.563. The van der Waals surface area contributed by atoms with Crippen LogP contribution in [0.5, 0.6) is 28.7 Å². The van der Waals surface area contributed by atoms with Crippen LogP contribution in [-0.2, 0) is 0 Å². The summed E-state index contributed by atoms with van der Waals surface area (Å²) in [5.41, 5.74) is 2.91. The van der Waals surface area contributed by atoms with Crippen molar-refractivity contribution in [1.29, 1.82) is 0 Å². The molecule has 1 unspecified atom stereocenters. The zero-order chi connectivity index (χ0) is 22.7. The Kier molecular flexibility index (Phi) is 6.48. The molecule has 31 heavy (non-hydrogen) atoms. The molecule has 1 atom stereocenters. The lowest BCUT2D eigenvalue weighted by atomic mass is 10.0. The second-order valence-electron chi connectivity index (χ2n) is 7.04. The van der Waals surface area contributed by atoms with Gasteiger partial charge < -0.3 is 34.0 Å². The molecule has 8 heteroatoms. The number of rotatable bonds is 8. The van der Waals surface area contributed by atoms with Crippen LogP contribution in [0.15, 0.2) is 24.3 Å². The molecular formula is C23H28N2O6. The predicted molar refractivity (Wildman–Crippen MR) is 118 cm³/mol. The summed E-state index contributed by atoms with van der Waals surface area (Å²) < 4.78 is 27.1. The second kappa shape index (κ2) is 9.07. The van der Waals surface area contributed by atoms with E-state index >= 15 is 0 Å². The number of carbonyl (C=O) groups is 1. The van der Waals surface area contributed by atoms with Crippen LogP contribution in [-0.4, -0.2) is 46.4 Å². The monoisotopic (exact) mass is 428 g/mol. The number of aromatic nitrogens is 1. The average molecular weight is 428 g/mol. The van der Waals surface area contributed by atoms with Gasteiger partial charge in [0.2, 0.25) is 0 Å². The Morgan fingerprint density at radius 2 is 1.45 bits per heavy atom. The number of fused-ring (bicyclic) bond motifs is 1. The van der Waals surface area contributed by atoms with Crippen molar-refractivity contribution >= 4 is 16.8 Å². The van der Waals surface area contributed by atoms with E-state index in [1.54, 1.807) is 47.7 Å². The number of aryl methyl sites for hydroxylation is 1. The van der Waals surface area contributed by atoms with Crippen LogP contribution < -0.4 is 29.0 Å². The van der Waals surface area contributed by atoms with Gasteiger partial charge in [0, 0.05) is 11.5 Å². The van der Waals surface area contributed by atoms with Gasteiger partial charge in [0.1, 0.15) is 11.4 Å². The molecule has 0 saturated carbocycles. The maximum absolute atomic E-state index is 13.0. The maximum Gasteiger partial charge on any atom is 0.268 e. The first-order valence-corrected chi connectivity index (χ1v) is 9.73. The van der Waals surface area contributed by atoms with E-state index in [1.807, 2.05) is 26.0 Å². The largest absolute Gasteiger partial charge is 0.496 e. The number of methoxy groups -OCH3 is 5. The van der Waals surface area contributed by atoms with Crippen LogP contribution in [0.3, 0.4) is 0 Å². The van der Waals surface area contributed by atoms with E-state index in [4.69, 9.17) is 23.7 Å². The second-order valence-corrected chi connectivity index (χ2v) is 7.04. The third-order valence-corrected chi connectivity index (χ3v) is 5.27. The smallest absolute Gasteiger partial charge is 0.268 e. The van der Waals surface area contributed by atoms with E-state index in [0.717, 1.165) is 16.5 Å². The van der Waals surface area contributed by atoms with Crippen molar-refractivity contribution in [3.8, 4) is 28.7 Å². The summed E-state index contributed by atoms with van der Waals surface area (Å²) in [6.07, 6.45) is 0. The first-order valence-electron chi connectivity index (χ1n) is 9.73. The van der Waals surface area contributed by atoms with Crippen molar-refractivity contribution in [2.45, 2.75) is 19.9 Å². The number of carbonyl (C=O) groups excluding carboxylic acids is 1. The minimum absolute atomic E-state index is 0.263. The van der Waals surface area contributed by atoms with Crippen molar-refractivity contribution in [2.75, 3.05) is 35.5 Å². The third kappa shape index (κ3) is 4.05. The normalized spacial score (nSPS) is 11.7. The molecule has 2 N–H and O–H groups in total. The Morgan fingerprint density at radius 3 is 2.03 bits per heavy atom. The van der Waals surface area contributed by atoms with Gasteiger partial charge in [-0.05, 0) is 43.2 Å². The molecule has 0 spiro atoms. The molecule has 0 saturated heterocycles. The van der Waals surface area contributed by atoms with Crippen molar-refractivity contribution in [3.63, 3.8) is 0 Å². The van der Waals surface area contributed by atoms with Crippen LogP contribution >= 0.6 is 0 Å². The number of aromatic amines is 1. The number of hydrogen-bond acceptors (Lipinski definition) is 6. The third-order valence-electron chi connectivity index (χ3n) is 5.27. The van der Waals surface area contributed by atoms with Crippen LogP contribution in [0.25, 0.3) is 10.9 Å².